The zero-order valence-corrected chi connectivity index (χ0v) is 12.3. The van der Waals surface area contributed by atoms with E-state index in [1.807, 2.05) is 6.07 Å². The van der Waals surface area contributed by atoms with E-state index in [0.717, 1.165) is 30.6 Å². The van der Waals surface area contributed by atoms with Gasteiger partial charge in [0.2, 0.25) is 0 Å². The van der Waals surface area contributed by atoms with Crippen molar-refractivity contribution in [2.24, 2.45) is 0 Å². The molecule has 5 heteroatoms. The van der Waals surface area contributed by atoms with Gasteiger partial charge in [-0.1, -0.05) is 12.8 Å². The number of rotatable bonds is 4. The Hall–Kier alpha value is -0.520. The van der Waals surface area contributed by atoms with Gasteiger partial charge in [-0.15, -0.1) is 11.8 Å². The van der Waals surface area contributed by atoms with Gasteiger partial charge in [0.15, 0.2) is 0 Å². The number of aliphatic hydroxyl groups is 1. The zero-order chi connectivity index (χ0) is 13.2. The maximum Gasteiger partial charge on any atom is 0.336 e. The lowest BCUT2D eigenvalue weighted by Crippen LogP contribution is -2.27. The molecule has 0 amide bonds. The predicted octanol–water partition coefficient (Wildman–Crippen LogP) is 3.54. The molecule has 1 saturated carbocycles. The van der Waals surface area contributed by atoms with Gasteiger partial charge in [-0.3, -0.25) is 0 Å². The third-order valence-electron chi connectivity index (χ3n) is 3.21. The van der Waals surface area contributed by atoms with Crippen molar-refractivity contribution in [3.63, 3.8) is 0 Å². The van der Waals surface area contributed by atoms with Crippen molar-refractivity contribution in [2.75, 3.05) is 5.75 Å². The second kappa shape index (κ2) is 5.63. The molecule has 0 unspecified atom stereocenters. The number of aromatic carboxylic acids is 1. The average molecular weight is 331 g/mol. The van der Waals surface area contributed by atoms with Crippen molar-refractivity contribution >= 4 is 33.7 Å². The number of benzene rings is 1. The van der Waals surface area contributed by atoms with Crippen LogP contribution in [0, 0.1) is 0 Å². The second-order valence-electron chi connectivity index (χ2n) is 4.67. The summed E-state index contributed by atoms with van der Waals surface area (Å²) in [6.45, 7) is 0. The van der Waals surface area contributed by atoms with Crippen molar-refractivity contribution in [1.29, 1.82) is 0 Å². The minimum atomic E-state index is -0.941. The van der Waals surface area contributed by atoms with Crippen LogP contribution in [0.3, 0.4) is 0 Å². The Kier molecular flexibility index (Phi) is 4.35. The van der Waals surface area contributed by atoms with Crippen LogP contribution in [-0.4, -0.2) is 27.5 Å². The van der Waals surface area contributed by atoms with Gasteiger partial charge < -0.3 is 10.2 Å². The van der Waals surface area contributed by atoms with E-state index >= 15 is 0 Å². The van der Waals surface area contributed by atoms with Gasteiger partial charge in [0.05, 0.1) is 11.2 Å². The monoisotopic (exact) mass is 330 g/mol. The van der Waals surface area contributed by atoms with Crippen LogP contribution in [0.4, 0.5) is 0 Å². The van der Waals surface area contributed by atoms with E-state index in [2.05, 4.69) is 15.9 Å². The summed E-state index contributed by atoms with van der Waals surface area (Å²) in [5.74, 6) is -0.308. The number of carboxylic acids is 1. The van der Waals surface area contributed by atoms with E-state index in [9.17, 15) is 9.90 Å². The Morgan fingerprint density at radius 3 is 2.67 bits per heavy atom. The van der Waals surface area contributed by atoms with E-state index < -0.39 is 11.6 Å². The highest BCUT2D eigenvalue weighted by Gasteiger charge is 2.30. The fourth-order valence-electron chi connectivity index (χ4n) is 2.15. The van der Waals surface area contributed by atoms with Crippen molar-refractivity contribution in [3.8, 4) is 0 Å². The molecule has 18 heavy (non-hydrogen) atoms. The van der Waals surface area contributed by atoms with Crippen molar-refractivity contribution < 1.29 is 15.0 Å². The molecule has 1 fully saturated rings. The molecule has 1 aromatic carbocycles. The summed E-state index contributed by atoms with van der Waals surface area (Å²) >= 11 is 4.74. The molecule has 0 radical (unpaired) electrons. The first kappa shape index (κ1) is 13.9. The lowest BCUT2D eigenvalue weighted by atomic mass is 10.1. The zero-order valence-electron chi connectivity index (χ0n) is 9.86. The smallest absolute Gasteiger partial charge is 0.336 e. The summed E-state index contributed by atoms with van der Waals surface area (Å²) in [6.07, 6.45) is 3.86. The molecule has 0 bridgehead atoms. The number of hydrogen-bond acceptors (Lipinski definition) is 3. The topological polar surface area (TPSA) is 57.5 Å². The lowest BCUT2D eigenvalue weighted by Gasteiger charge is -2.21. The van der Waals surface area contributed by atoms with Crippen LogP contribution >= 0.6 is 27.7 Å². The van der Waals surface area contributed by atoms with Crippen LogP contribution in [0.2, 0.25) is 0 Å². The number of halogens is 1. The Bertz CT molecular complexity index is 456. The normalized spacial score (nSPS) is 17.9. The molecule has 1 aliphatic rings. The summed E-state index contributed by atoms with van der Waals surface area (Å²) in [4.78, 5) is 11.9. The quantitative estimate of drug-likeness (QED) is 0.829. The maximum atomic E-state index is 11.0. The second-order valence-corrected chi connectivity index (χ2v) is 6.57. The molecule has 0 aliphatic heterocycles. The minimum absolute atomic E-state index is 0.262. The molecule has 1 aromatic rings. The van der Waals surface area contributed by atoms with E-state index in [0.29, 0.717) is 10.2 Å². The Morgan fingerprint density at radius 1 is 1.39 bits per heavy atom. The summed E-state index contributed by atoms with van der Waals surface area (Å²) in [6, 6.07) is 5.26. The molecule has 0 heterocycles. The van der Waals surface area contributed by atoms with Crippen LogP contribution in [0.1, 0.15) is 36.0 Å². The van der Waals surface area contributed by atoms with Crippen LogP contribution in [-0.2, 0) is 0 Å². The fourth-order valence-corrected chi connectivity index (χ4v) is 3.66. The van der Waals surface area contributed by atoms with E-state index in [1.165, 1.54) is 11.8 Å². The Morgan fingerprint density at radius 2 is 2.06 bits per heavy atom. The summed E-state index contributed by atoms with van der Waals surface area (Å²) in [5.41, 5.74) is -0.306. The third-order valence-corrected chi connectivity index (χ3v) is 5.17. The third kappa shape index (κ3) is 3.28. The van der Waals surface area contributed by atoms with Gasteiger partial charge in [-0.2, -0.15) is 0 Å². The van der Waals surface area contributed by atoms with Crippen LogP contribution in [0.5, 0.6) is 0 Å². The first-order valence-electron chi connectivity index (χ1n) is 5.88. The average Bonchev–Trinajstić information content (AvgIpc) is 2.75. The number of hydrogen-bond donors (Lipinski definition) is 2. The summed E-state index contributed by atoms with van der Waals surface area (Å²) < 4.78 is 0.582. The molecule has 0 atom stereocenters. The largest absolute Gasteiger partial charge is 0.478 e. The standard InChI is InChI=1S/C13H15BrO3S/c14-11-4-3-9(7-10(11)12(15)16)18-8-13(17)5-1-2-6-13/h3-4,7,17H,1-2,5-6,8H2,(H,15,16). The highest BCUT2D eigenvalue weighted by atomic mass is 79.9. The molecular formula is C13H15BrO3S. The van der Waals surface area contributed by atoms with Crippen LogP contribution < -0.4 is 0 Å². The molecule has 0 aromatic heterocycles. The van der Waals surface area contributed by atoms with Crippen molar-refractivity contribution in [1.82, 2.24) is 0 Å². The highest BCUT2D eigenvalue weighted by molar-refractivity contribution is 9.10. The van der Waals surface area contributed by atoms with E-state index in [-0.39, 0.29) is 5.56 Å². The first-order chi connectivity index (χ1) is 8.50. The van der Waals surface area contributed by atoms with Crippen LogP contribution in [0.15, 0.2) is 27.6 Å². The first-order valence-corrected chi connectivity index (χ1v) is 7.66. The van der Waals surface area contributed by atoms with Gasteiger partial charge in [-0.05, 0) is 47.0 Å². The van der Waals surface area contributed by atoms with Gasteiger partial charge in [0.25, 0.3) is 0 Å². The molecular weight excluding hydrogens is 316 g/mol. The Labute approximate surface area is 119 Å². The summed E-state index contributed by atoms with van der Waals surface area (Å²) in [7, 11) is 0. The van der Waals surface area contributed by atoms with Gasteiger partial charge >= 0.3 is 5.97 Å². The molecule has 0 saturated heterocycles. The molecule has 2 rings (SSSR count). The van der Waals surface area contributed by atoms with Crippen molar-refractivity contribution in [3.05, 3.63) is 28.2 Å². The Balaban J connectivity index is 2.05. The highest BCUT2D eigenvalue weighted by Crippen LogP contribution is 2.35. The molecule has 98 valence electrons. The van der Waals surface area contributed by atoms with Gasteiger partial charge in [-0.25, -0.2) is 4.79 Å². The molecule has 3 nitrogen and oxygen atoms in total. The van der Waals surface area contributed by atoms with E-state index in [4.69, 9.17) is 5.11 Å². The lowest BCUT2D eigenvalue weighted by molar-refractivity contribution is 0.0695. The number of thioether (sulfide) groups is 1. The molecule has 1 aliphatic carbocycles. The van der Waals surface area contributed by atoms with Gasteiger partial charge in [0, 0.05) is 15.1 Å². The number of carbonyl (C=O) groups is 1. The molecule has 0 spiro atoms. The van der Waals surface area contributed by atoms with E-state index in [1.54, 1.807) is 12.1 Å². The predicted molar refractivity (Wildman–Crippen MR) is 75.2 cm³/mol. The molecule has 2 N–H and O–H groups in total. The SMILES string of the molecule is O=C(O)c1cc(SCC2(O)CCCC2)ccc1Br. The van der Waals surface area contributed by atoms with Gasteiger partial charge in [0.1, 0.15) is 0 Å². The van der Waals surface area contributed by atoms with Crippen LogP contribution in [0.25, 0.3) is 0 Å². The number of carboxylic acid groups (broad SMARTS) is 1. The summed E-state index contributed by atoms with van der Waals surface area (Å²) in [5, 5.41) is 19.3. The maximum absolute atomic E-state index is 11.0. The van der Waals surface area contributed by atoms with Crippen molar-refractivity contribution in [2.45, 2.75) is 36.2 Å². The minimum Gasteiger partial charge on any atom is -0.478 e. The fraction of sp³-hybridized carbons (Fsp3) is 0.462.